The van der Waals surface area contributed by atoms with E-state index in [1.54, 1.807) is 0 Å². The van der Waals surface area contributed by atoms with Gasteiger partial charge in [0.05, 0.1) is 0 Å². The molecule has 0 heterocycles. The molecule has 0 spiro atoms. The fraction of sp³-hybridized carbons (Fsp3) is 0.750. The predicted molar refractivity (Wildman–Crippen MR) is 55.6 cm³/mol. The van der Waals surface area contributed by atoms with Crippen LogP contribution in [0.5, 0.6) is 0 Å². The van der Waals surface area contributed by atoms with Crippen LogP contribution in [0.15, 0.2) is 12.2 Å². The first kappa shape index (κ1) is 10.5. The number of carbonyl (C=O) groups is 1. The molecule has 1 unspecified atom stereocenters. The standard InChI is InChI=1S/C12H20O/c1-3-4-5-8-12(2)9-6-7-11(13)10-12/h5,8H,3-4,6-7,9-10H2,1-2H3. The van der Waals surface area contributed by atoms with Crippen LogP contribution in [-0.4, -0.2) is 5.78 Å². The summed E-state index contributed by atoms with van der Waals surface area (Å²) in [4.78, 5) is 11.3. The van der Waals surface area contributed by atoms with Crippen LogP contribution >= 0.6 is 0 Å². The maximum atomic E-state index is 11.3. The number of hydrogen-bond donors (Lipinski definition) is 0. The largest absolute Gasteiger partial charge is 0.300 e. The van der Waals surface area contributed by atoms with Gasteiger partial charge in [-0.3, -0.25) is 4.79 Å². The normalized spacial score (nSPS) is 29.8. The van der Waals surface area contributed by atoms with E-state index >= 15 is 0 Å². The molecule has 1 nitrogen and oxygen atoms in total. The lowest BCUT2D eigenvalue weighted by Crippen LogP contribution is -2.23. The molecular weight excluding hydrogens is 160 g/mol. The Morgan fingerprint density at radius 2 is 2.31 bits per heavy atom. The van der Waals surface area contributed by atoms with Crippen molar-refractivity contribution in [2.45, 2.75) is 52.4 Å². The molecular formula is C12H20O. The Bertz CT molecular complexity index is 205. The second kappa shape index (κ2) is 4.59. The van der Waals surface area contributed by atoms with Crippen molar-refractivity contribution in [3.8, 4) is 0 Å². The summed E-state index contributed by atoms with van der Waals surface area (Å²) in [6.45, 7) is 4.38. The molecule has 1 heteroatoms. The summed E-state index contributed by atoms with van der Waals surface area (Å²) < 4.78 is 0. The highest BCUT2D eigenvalue weighted by Gasteiger charge is 2.28. The van der Waals surface area contributed by atoms with E-state index in [-0.39, 0.29) is 5.41 Å². The van der Waals surface area contributed by atoms with Gasteiger partial charge in [0.25, 0.3) is 0 Å². The van der Waals surface area contributed by atoms with Crippen LogP contribution < -0.4 is 0 Å². The second-order valence-corrected chi connectivity index (χ2v) is 4.41. The Labute approximate surface area is 81.2 Å². The van der Waals surface area contributed by atoms with Crippen molar-refractivity contribution in [1.82, 2.24) is 0 Å². The molecule has 1 fully saturated rings. The van der Waals surface area contributed by atoms with Crippen molar-refractivity contribution >= 4 is 5.78 Å². The van der Waals surface area contributed by atoms with Crippen LogP contribution in [0.2, 0.25) is 0 Å². The van der Waals surface area contributed by atoms with Gasteiger partial charge in [0.1, 0.15) is 5.78 Å². The first-order chi connectivity index (χ1) is 6.16. The van der Waals surface area contributed by atoms with E-state index in [1.165, 1.54) is 12.8 Å². The number of allylic oxidation sites excluding steroid dienone is 2. The number of Topliss-reactive ketones (excluding diaryl/α,β-unsaturated/α-hetero) is 1. The van der Waals surface area contributed by atoms with E-state index in [0.717, 1.165) is 25.7 Å². The minimum Gasteiger partial charge on any atom is -0.300 e. The van der Waals surface area contributed by atoms with E-state index < -0.39 is 0 Å². The van der Waals surface area contributed by atoms with Gasteiger partial charge in [0.15, 0.2) is 0 Å². The quantitative estimate of drug-likeness (QED) is 0.607. The molecule has 74 valence electrons. The lowest BCUT2D eigenvalue weighted by atomic mass is 9.75. The average molecular weight is 180 g/mol. The molecule has 1 rings (SSSR count). The molecule has 0 radical (unpaired) electrons. The van der Waals surface area contributed by atoms with Gasteiger partial charge in [0, 0.05) is 12.8 Å². The second-order valence-electron chi connectivity index (χ2n) is 4.41. The lowest BCUT2D eigenvalue weighted by molar-refractivity contribution is -0.122. The summed E-state index contributed by atoms with van der Waals surface area (Å²) in [6, 6.07) is 0. The molecule has 1 aliphatic rings. The molecule has 0 aromatic rings. The highest BCUT2D eigenvalue weighted by Crippen LogP contribution is 2.35. The van der Waals surface area contributed by atoms with Gasteiger partial charge in [-0.05, 0) is 24.7 Å². The third-order valence-electron chi connectivity index (χ3n) is 2.78. The van der Waals surface area contributed by atoms with Crippen LogP contribution in [-0.2, 0) is 4.79 Å². The summed E-state index contributed by atoms with van der Waals surface area (Å²) in [5.74, 6) is 0.440. The van der Waals surface area contributed by atoms with Gasteiger partial charge < -0.3 is 0 Å². The van der Waals surface area contributed by atoms with Crippen molar-refractivity contribution in [3.63, 3.8) is 0 Å². The summed E-state index contributed by atoms with van der Waals surface area (Å²) in [7, 11) is 0. The monoisotopic (exact) mass is 180 g/mol. The number of hydrogen-bond acceptors (Lipinski definition) is 1. The van der Waals surface area contributed by atoms with Crippen molar-refractivity contribution in [3.05, 3.63) is 12.2 Å². The fourth-order valence-electron chi connectivity index (χ4n) is 1.99. The zero-order valence-electron chi connectivity index (χ0n) is 8.81. The van der Waals surface area contributed by atoms with Crippen LogP contribution in [0.3, 0.4) is 0 Å². The van der Waals surface area contributed by atoms with Gasteiger partial charge >= 0.3 is 0 Å². The SMILES string of the molecule is CCCC=CC1(C)CCCC(=O)C1. The smallest absolute Gasteiger partial charge is 0.133 e. The van der Waals surface area contributed by atoms with Gasteiger partial charge in [-0.1, -0.05) is 32.4 Å². The highest BCUT2D eigenvalue weighted by molar-refractivity contribution is 5.80. The van der Waals surface area contributed by atoms with Gasteiger partial charge in [-0.15, -0.1) is 0 Å². The third-order valence-corrected chi connectivity index (χ3v) is 2.78. The number of ketones is 1. The highest BCUT2D eigenvalue weighted by atomic mass is 16.1. The predicted octanol–water partition coefficient (Wildman–Crippen LogP) is 3.49. The number of unbranched alkanes of at least 4 members (excludes halogenated alkanes) is 1. The first-order valence-electron chi connectivity index (χ1n) is 5.36. The molecule has 0 saturated heterocycles. The maximum Gasteiger partial charge on any atom is 0.133 e. The Morgan fingerprint density at radius 3 is 2.92 bits per heavy atom. The summed E-state index contributed by atoms with van der Waals surface area (Å²) in [5.41, 5.74) is 0.171. The maximum absolute atomic E-state index is 11.3. The molecule has 0 aromatic carbocycles. The number of rotatable bonds is 3. The lowest BCUT2D eigenvalue weighted by Gasteiger charge is -2.29. The van der Waals surface area contributed by atoms with E-state index in [0.29, 0.717) is 5.78 Å². The molecule has 0 bridgehead atoms. The molecule has 1 saturated carbocycles. The molecule has 0 amide bonds. The van der Waals surface area contributed by atoms with Crippen LogP contribution in [0, 0.1) is 5.41 Å². The van der Waals surface area contributed by atoms with Crippen molar-refractivity contribution in [2.75, 3.05) is 0 Å². The molecule has 0 N–H and O–H groups in total. The molecule has 0 aromatic heterocycles. The Balaban J connectivity index is 2.48. The van der Waals surface area contributed by atoms with Crippen molar-refractivity contribution in [1.29, 1.82) is 0 Å². The molecule has 0 aliphatic heterocycles. The van der Waals surface area contributed by atoms with E-state index in [9.17, 15) is 4.79 Å². The third kappa shape index (κ3) is 3.33. The topological polar surface area (TPSA) is 17.1 Å². The van der Waals surface area contributed by atoms with E-state index in [2.05, 4.69) is 26.0 Å². The zero-order chi connectivity index (χ0) is 9.73. The van der Waals surface area contributed by atoms with Gasteiger partial charge in [-0.25, -0.2) is 0 Å². The Hall–Kier alpha value is -0.590. The Kier molecular flexibility index (Phi) is 3.71. The van der Waals surface area contributed by atoms with Crippen molar-refractivity contribution < 1.29 is 4.79 Å². The summed E-state index contributed by atoms with van der Waals surface area (Å²) >= 11 is 0. The number of carbonyl (C=O) groups excluding carboxylic acids is 1. The van der Waals surface area contributed by atoms with Crippen molar-refractivity contribution in [2.24, 2.45) is 5.41 Å². The molecule has 1 aliphatic carbocycles. The average Bonchev–Trinajstić information content (AvgIpc) is 2.04. The fourth-order valence-corrected chi connectivity index (χ4v) is 1.99. The van der Waals surface area contributed by atoms with Crippen LogP contribution in [0.1, 0.15) is 52.4 Å². The minimum atomic E-state index is 0.171. The van der Waals surface area contributed by atoms with E-state index in [4.69, 9.17) is 0 Å². The van der Waals surface area contributed by atoms with Gasteiger partial charge in [0.2, 0.25) is 0 Å². The van der Waals surface area contributed by atoms with Gasteiger partial charge in [-0.2, -0.15) is 0 Å². The van der Waals surface area contributed by atoms with E-state index in [1.807, 2.05) is 0 Å². The van der Waals surface area contributed by atoms with Crippen LogP contribution in [0.25, 0.3) is 0 Å². The Morgan fingerprint density at radius 1 is 1.54 bits per heavy atom. The minimum absolute atomic E-state index is 0.171. The van der Waals surface area contributed by atoms with Crippen LogP contribution in [0.4, 0.5) is 0 Å². The molecule has 1 atom stereocenters. The first-order valence-corrected chi connectivity index (χ1v) is 5.36. The zero-order valence-corrected chi connectivity index (χ0v) is 8.81. The summed E-state index contributed by atoms with van der Waals surface area (Å²) in [5, 5.41) is 0. The summed E-state index contributed by atoms with van der Waals surface area (Å²) in [6.07, 6.45) is 10.6. The molecule has 13 heavy (non-hydrogen) atoms.